The minimum atomic E-state index is -0.491. The molecule has 1 aromatic rings. The molecule has 0 atom stereocenters. The van der Waals surface area contributed by atoms with Gasteiger partial charge in [-0.15, -0.1) is 0 Å². The van der Waals surface area contributed by atoms with Gasteiger partial charge in [-0.1, -0.05) is 29.3 Å². The van der Waals surface area contributed by atoms with E-state index in [0.717, 1.165) is 18.0 Å². The number of carbonyl (C=O) groups excluding carboxylic acids is 2. The van der Waals surface area contributed by atoms with Gasteiger partial charge in [0, 0.05) is 5.02 Å². The molecule has 0 unspecified atom stereocenters. The molecule has 22 heavy (non-hydrogen) atoms. The van der Waals surface area contributed by atoms with E-state index in [1.165, 1.54) is 4.90 Å². The van der Waals surface area contributed by atoms with Crippen LogP contribution >= 0.6 is 23.2 Å². The second-order valence-corrected chi connectivity index (χ2v) is 6.35. The van der Waals surface area contributed by atoms with Crippen LogP contribution in [0.2, 0.25) is 5.02 Å². The third-order valence-electron chi connectivity index (χ3n) is 4.00. The topological polar surface area (TPSA) is 45.1 Å². The molecule has 1 fully saturated rings. The molecule has 3 rings (SSSR count). The van der Waals surface area contributed by atoms with Crippen LogP contribution in [0.3, 0.4) is 0 Å². The first-order chi connectivity index (χ1) is 10.5. The highest BCUT2D eigenvalue weighted by Gasteiger charge is 2.42. The number of amides is 2. The lowest BCUT2D eigenvalue weighted by molar-refractivity contribution is -0.883. The molecular formula is C15H16Cl2N3O2+. The summed E-state index contributed by atoms with van der Waals surface area (Å²) in [6.07, 6.45) is 0. The molecule has 0 aromatic heterocycles. The van der Waals surface area contributed by atoms with Gasteiger partial charge in [0.25, 0.3) is 11.8 Å². The summed E-state index contributed by atoms with van der Waals surface area (Å²) in [5.74, 6) is -0.868. The van der Waals surface area contributed by atoms with Crippen molar-refractivity contribution in [2.45, 2.75) is 0 Å². The van der Waals surface area contributed by atoms with E-state index < -0.39 is 5.91 Å². The summed E-state index contributed by atoms with van der Waals surface area (Å²) >= 11 is 12.1. The number of hydrogen-bond donors (Lipinski definition) is 1. The predicted molar refractivity (Wildman–Crippen MR) is 85.0 cm³/mol. The summed E-state index contributed by atoms with van der Waals surface area (Å²) in [5, 5.41) is 0.454. The van der Waals surface area contributed by atoms with Crippen molar-refractivity contribution < 1.29 is 14.5 Å². The summed E-state index contributed by atoms with van der Waals surface area (Å²) in [6.45, 7) is 3.23. The van der Waals surface area contributed by atoms with E-state index >= 15 is 0 Å². The van der Waals surface area contributed by atoms with Crippen LogP contribution in [-0.4, -0.2) is 49.9 Å². The van der Waals surface area contributed by atoms with Crippen LogP contribution < -0.4 is 9.80 Å². The lowest BCUT2D eigenvalue weighted by atomic mass is 10.2. The quantitative estimate of drug-likeness (QED) is 0.797. The maximum atomic E-state index is 12.7. The Morgan fingerprint density at radius 1 is 1.09 bits per heavy atom. The number of rotatable bonds is 2. The second-order valence-electron chi connectivity index (χ2n) is 5.53. The number of imide groups is 1. The molecule has 5 nitrogen and oxygen atoms in total. The summed E-state index contributed by atoms with van der Waals surface area (Å²) < 4.78 is 0. The predicted octanol–water partition coefficient (Wildman–Crippen LogP) is 0.494. The van der Waals surface area contributed by atoms with E-state index in [0.29, 0.717) is 29.5 Å². The van der Waals surface area contributed by atoms with Crippen molar-refractivity contribution >= 4 is 40.7 Å². The van der Waals surface area contributed by atoms with Gasteiger partial charge in [-0.2, -0.15) is 0 Å². The normalized spacial score (nSPS) is 20.3. The lowest BCUT2D eigenvalue weighted by Crippen LogP contribution is -3.11. The Balaban J connectivity index is 1.90. The molecule has 0 spiro atoms. The van der Waals surface area contributed by atoms with Gasteiger partial charge in [0.1, 0.15) is 10.7 Å². The van der Waals surface area contributed by atoms with Gasteiger partial charge < -0.3 is 9.80 Å². The number of nitrogens with zero attached hydrogens (tertiary/aromatic N) is 2. The van der Waals surface area contributed by atoms with E-state index in [9.17, 15) is 9.59 Å². The number of carbonyl (C=O) groups is 2. The van der Waals surface area contributed by atoms with Gasteiger partial charge in [0.05, 0.1) is 38.9 Å². The van der Waals surface area contributed by atoms with E-state index in [1.54, 1.807) is 24.3 Å². The van der Waals surface area contributed by atoms with Gasteiger partial charge in [0.15, 0.2) is 0 Å². The molecule has 7 heteroatoms. The molecule has 1 aromatic carbocycles. The maximum Gasteiger partial charge on any atom is 0.283 e. The number of anilines is 1. The van der Waals surface area contributed by atoms with Crippen LogP contribution in [0.4, 0.5) is 5.69 Å². The highest BCUT2D eigenvalue weighted by Crippen LogP contribution is 2.32. The monoisotopic (exact) mass is 340 g/mol. The fraction of sp³-hybridized carbons (Fsp3) is 0.333. The third-order valence-corrected chi connectivity index (χ3v) is 4.58. The van der Waals surface area contributed by atoms with Crippen molar-refractivity contribution in [3.63, 3.8) is 0 Å². The minimum Gasteiger partial charge on any atom is -0.354 e. The van der Waals surface area contributed by atoms with Crippen molar-refractivity contribution in [2.24, 2.45) is 0 Å². The maximum absolute atomic E-state index is 12.7. The highest BCUT2D eigenvalue weighted by molar-refractivity contribution is 6.52. The van der Waals surface area contributed by atoms with Gasteiger partial charge in [0.2, 0.25) is 0 Å². The number of nitrogens with one attached hydrogen (secondary N) is 1. The number of halogens is 2. The molecule has 0 saturated carbocycles. The highest BCUT2D eigenvalue weighted by atomic mass is 35.5. The molecular weight excluding hydrogens is 325 g/mol. The standard InChI is InChI=1S/C15H15Cl2N3O2/c1-18-5-7-19(8-6-18)13-12(17)14(21)20(15(13)22)11-4-2-3-10(16)9-11/h2-4,9H,5-8H2,1H3/p+1. The van der Waals surface area contributed by atoms with E-state index in [4.69, 9.17) is 23.2 Å². The average Bonchev–Trinajstić information content (AvgIpc) is 2.71. The van der Waals surface area contributed by atoms with Crippen LogP contribution in [0, 0.1) is 0 Å². The van der Waals surface area contributed by atoms with Crippen LogP contribution in [-0.2, 0) is 9.59 Å². The Kier molecular flexibility index (Phi) is 4.12. The number of benzene rings is 1. The van der Waals surface area contributed by atoms with E-state index in [2.05, 4.69) is 7.05 Å². The fourth-order valence-electron chi connectivity index (χ4n) is 2.73. The van der Waals surface area contributed by atoms with Crippen LogP contribution in [0.15, 0.2) is 35.0 Å². The largest absolute Gasteiger partial charge is 0.354 e. The van der Waals surface area contributed by atoms with Crippen LogP contribution in [0.1, 0.15) is 0 Å². The number of piperazine rings is 1. The number of hydrogen-bond acceptors (Lipinski definition) is 3. The van der Waals surface area contributed by atoms with Gasteiger partial charge in [-0.05, 0) is 18.2 Å². The lowest BCUT2D eigenvalue weighted by Gasteiger charge is -2.31. The zero-order chi connectivity index (χ0) is 15.9. The number of likely N-dealkylation sites (N-methyl/N-ethyl adjacent to an activating group) is 1. The SMILES string of the molecule is C[NH+]1CCN(C2=C(Cl)C(=O)N(c3cccc(Cl)c3)C2=O)CC1. The Labute approximate surface area is 138 Å². The summed E-state index contributed by atoms with van der Waals surface area (Å²) in [7, 11) is 2.10. The first kappa shape index (κ1) is 15.3. The van der Waals surface area contributed by atoms with Crippen molar-refractivity contribution in [1.82, 2.24) is 4.90 Å². The van der Waals surface area contributed by atoms with Crippen molar-refractivity contribution in [2.75, 3.05) is 38.1 Å². The number of quaternary nitrogens is 1. The summed E-state index contributed by atoms with van der Waals surface area (Å²) in [5.41, 5.74) is 0.745. The first-order valence-corrected chi connectivity index (χ1v) is 7.85. The Morgan fingerprint density at radius 2 is 1.77 bits per heavy atom. The fourth-order valence-corrected chi connectivity index (χ4v) is 3.20. The Morgan fingerprint density at radius 3 is 2.41 bits per heavy atom. The Bertz CT molecular complexity index is 667. The first-order valence-electron chi connectivity index (χ1n) is 7.09. The molecule has 2 aliphatic rings. The van der Waals surface area contributed by atoms with Crippen molar-refractivity contribution in [3.8, 4) is 0 Å². The zero-order valence-corrected chi connectivity index (χ0v) is 13.6. The van der Waals surface area contributed by atoms with E-state index in [-0.39, 0.29) is 10.9 Å². The van der Waals surface area contributed by atoms with Crippen LogP contribution in [0.5, 0.6) is 0 Å². The summed E-state index contributed by atoms with van der Waals surface area (Å²) in [6, 6.07) is 6.64. The molecule has 0 bridgehead atoms. The van der Waals surface area contributed by atoms with Crippen LogP contribution in [0.25, 0.3) is 0 Å². The van der Waals surface area contributed by atoms with Crippen molar-refractivity contribution in [1.29, 1.82) is 0 Å². The van der Waals surface area contributed by atoms with Gasteiger partial charge in [-0.25, -0.2) is 4.90 Å². The summed E-state index contributed by atoms with van der Waals surface area (Å²) in [4.78, 5) is 29.5. The van der Waals surface area contributed by atoms with Gasteiger partial charge >= 0.3 is 0 Å². The molecule has 1 saturated heterocycles. The molecule has 0 aliphatic carbocycles. The molecule has 2 amide bonds. The molecule has 116 valence electrons. The third kappa shape index (κ3) is 2.60. The molecule has 2 aliphatic heterocycles. The second kappa shape index (κ2) is 5.91. The average molecular weight is 341 g/mol. The zero-order valence-electron chi connectivity index (χ0n) is 12.1. The van der Waals surface area contributed by atoms with Gasteiger partial charge in [-0.3, -0.25) is 9.59 Å². The molecule has 2 heterocycles. The Hall–Kier alpha value is -1.56. The minimum absolute atomic E-state index is 0.00970. The van der Waals surface area contributed by atoms with Crippen molar-refractivity contribution in [3.05, 3.63) is 40.0 Å². The molecule has 1 N–H and O–H groups in total. The molecule has 0 radical (unpaired) electrons. The van der Waals surface area contributed by atoms with E-state index in [1.807, 2.05) is 4.90 Å². The smallest absolute Gasteiger partial charge is 0.283 e.